The molecule has 1 N–H and O–H groups in total. The summed E-state index contributed by atoms with van der Waals surface area (Å²) < 4.78 is 4.74. The number of nitrogens with zero attached hydrogens (tertiary/aromatic N) is 2. The van der Waals surface area contributed by atoms with E-state index in [1.165, 1.54) is 0 Å². The van der Waals surface area contributed by atoms with Gasteiger partial charge in [-0.2, -0.15) is 4.98 Å². The fourth-order valence-electron chi connectivity index (χ4n) is 0.616. The van der Waals surface area contributed by atoms with Crippen LogP contribution in [0, 0.1) is 6.92 Å². The van der Waals surface area contributed by atoms with Crippen molar-refractivity contribution in [2.24, 2.45) is 0 Å². The summed E-state index contributed by atoms with van der Waals surface area (Å²) in [6.45, 7) is 5.80. The lowest BCUT2D eigenvalue weighted by atomic mass is 10.4. The molecule has 0 radical (unpaired) electrons. The van der Waals surface area contributed by atoms with Crippen LogP contribution in [0.4, 0.5) is 5.95 Å². The minimum Gasteiger partial charge on any atom is -0.349 e. The molecule has 0 saturated carbocycles. The number of aryl methyl sites for hydroxylation is 1. The molecule has 4 nitrogen and oxygen atoms in total. The van der Waals surface area contributed by atoms with E-state index in [0.717, 1.165) is 0 Å². The van der Waals surface area contributed by atoms with Crippen LogP contribution in [0.1, 0.15) is 19.7 Å². The smallest absolute Gasteiger partial charge is 0.263 e. The van der Waals surface area contributed by atoms with E-state index in [4.69, 9.17) is 4.52 Å². The highest BCUT2D eigenvalue weighted by molar-refractivity contribution is 5.21. The molecule has 0 aliphatic carbocycles. The maximum atomic E-state index is 4.74. The van der Waals surface area contributed by atoms with Gasteiger partial charge in [0.2, 0.25) is 5.89 Å². The van der Waals surface area contributed by atoms with Gasteiger partial charge in [-0.05, 0) is 19.0 Å². The monoisotopic (exact) mass is 141 g/mol. The van der Waals surface area contributed by atoms with E-state index in [2.05, 4.69) is 15.5 Å². The normalized spacial score (nSPS) is 10.4. The molecule has 1 aromatic rings. The average Bonchev–Trinajstić information content (AvgIpc) is 2.13. The van der Waals surface area contributed by atoms with E-state index in [0.29, 0.717) is 17.9 Å². The summed E-state index contributed by atoms with van der Waals surface area (Å²) in [6.07, 6.45) is 0. The fourth-order valence-corrected chi connectivity index (χ4v) is 0.616. The molecule has 0 aliphatic heterocycles. The second kappa shape index (κ2) is 2.68. The molecular formula is C6H11N3O. The van der Waals surface area contributed by atoms with Gasteiger partial charge in [0.15, 0.2) is 0 Å². The maximum Gasteiger partial charge on any atom is 0.263 e. The highest BCUT2D eigenvalue weighted by Crippen LogP contribution is 2.01. The van der Waals surface area contributed by atoms with Gasteiger partial charge in [-0.15, -0.1) is 0 Å². The minimum atomic E-state index is 0.344. The van der Waals surface area contributed by atoms with Crippen LogP contribution in [-0.2, 0) is 0 Å². The average molecular weight is 141 g/mol. The van der Waals surface area contributed by atoms with E-state index in [1.807, 2.05) is 13.8 Å². The zero-order valence-corrected chi connectivity index (χ0v) is 6.38. The number of hydrogen-bond acceptors (Lipinski definition) is 4. The zero-order valence-electron chi connectivity index (χ0n) is 6.38. The van der Waals surface area contributed by atoms with E-state index in [1.54, 1.807) is 6.92 Å². The quantitative estimate of drug-likeness (QED) is 0.672. The summed E-state index contributed by atoms with van der Waals surface area (Å²) in [6, 6.07) is 0.344. The van der Waals surface area contributed by atoms with Gasteiger partial charge in [0.25, 0.3) is 5.95 Å². The Balaban J connectivity index is 2.58. The number of aromatic nitrogens is 2. The van der Waals surface area contributed by atoms with Crippen molar-refractivity contribution in [3.05, 3.63) is 5.89 Å². The van der Waals surface area contributed by atoms with Crippen molar-refractivity contribution in [3.8, 4) is 0 Å². The summed E-state index contributed by atoms with van der Waals surface area (Å²) in [5.41, 5.74) is 0. The number of anilines is 1. The van der Waals surface area contributed by atoms with Crippen LogP contribution in [0.25, 0.3) is 0 Å². The van der Waals surface area contributed by atoms with Crippen LogP contribution in [0.15, 0.2) is 4.52 Å². The van der Waals surface area contributed by atoms with Gasteiger partial charge in [0, 0.05) is 13.0 Å². The lowest BCUT2D eigenvalue weighted by molar-refractivity contribution is 0.394. The molecule has 1 rings (SSSR count). The van der Waals surface area contributed by atoms with E-state index in [9.17, 15) is 0 Å². The standard InChI is InChI=1S/C6H11N3O/c1-4(2)7-6-8-5(3)10-9-6/h4H,1-3H3,(H,7,9). The summed E-state index contributed by atoms with van der Waals surface area (Å²) in [5, 5.41) is 6.67. The third-order valence-electron chi connectivity index (χ3n) is 0.945. The van der Waals surface area contributed by atoms with Gasteiger partial charge in [0.1, 0.15) is 0 Å². The predicted octanol–water partition coefficient (Wildman–Crippen LogP) is 1.20. The van der Waals surface area contributed by atoms with Crippen LogP contribution >= 0.6 is 0 Å². The van der Waals surface area contributed by atoms with Crippen molar-refractivity contribution in [2.45, 2.75) is 26.8 Å². The Bertz CT molecular complexity index is 207. The summed E-state index contributed by atoms with van der Waals surface area (Å²) in [5.74, 6) is 1.15. The molecule has 0 atom stereocenters. The molecule has 10 heavy (non-hydrogen) atoms. The maximum absolute atomic E-state index is 4.74. The molecule has 0 saturated heterocycles. The van der Waals surface area contributed by atoms with Crippen molar-refractivity contribution in [1.29, 1.82) is 0 Å². The molecule has 0 fully saturated rings. The lowest BCUT2D eigenvalue weighted by Crippen LogP contribution is -2.10. The summed E-state index contributed by atoms with van der Waals surface area (Å²) in [4.78, 5) is 3.96. The number of nitrogens with one attached hydrogen (secondary N) is 1. The fraction of sp³-hybridized carbons (Fsp3) is 0.667. The Kier molecular flexibility index (Phi) is 1.89. The van der Waals surface area contributed by atoms with Crippen LogP contribution in [0.3, 0.4) is 0 Å². The van der Waals surface area contributed by atoms with Crippen molar-refractivity contribution >= 4 is 5.95 Å². The second-order valence-corrected chi connectivity index (χ2v) is 2.44. The van der Waals surface area contributed by atoms with Gasteiger partial charge in [-0.3, -0.25) is 0 Å². The largest absolute Gasteiger partial charge is 0.349 e. The van der Waals surface area contributed by atoms with E-state index < -0.39 is 0 Å². The first-order valence-electron chi connectivity index (χ1n) is 3.25. The molecule has 56 valence electrons. The van der Waals surface area contributed by atoms with Crippen LogP contribution in [0.5, 0.6) is 0 Å². The molecule has 1 heterocycles. The Morgan fingerprint density at radius 2 is 2.20 bits per heavy atom. The van der Waals surface area contributed by atoms with Gasteiger partial charge < -0.3 is 9.84 Å². The Morgan fingerprint density at radius 1 is 1.50 bits per heavy atom. The van der Waals surface area contributed by atoms with Gasteiger partial charge >= 0.3 is 0 Å². The first-order valence-corrected chi connectivity index (χ1v) is 3.25. The van der Waals surface area contributed by atoms with Crippen LogP contribution in [0.2, 0.25) is 0 Å². The topological polar surface area (TPSA) is 51.0 Å². The third kappa shape index (κ3) is 1.72. The highest BCUT2D eigenvalue weighted by atomic mass is 16.5. The molecule has 0 aliphatic rings. The molecule has 0 bridgehead atoms. The summed E-state index contributed by atoms with van der Waals surface area (Å²) in [7, 11) is 0. The third-order valence-corrected chi connectivity index (χ3v) is 0.945. The lowest BCUT2D eigenvalue weighted by Gasteiger charge is -2.01. The number of rotatable bonds is 2. The van der Waals surface area contributed by atoms with Crippen molar-refractivity contribution in [3.63, 3.8) is 0 Å². The molecule has 0 amide bonds. The van der Waals surface area contributed by atoms with Crippen LogP contribution in [-0.4, -0.2) is 16.2 Å². The van der Waals surface area contributed by atoms with Crippen molar-refractivity contribution < 1.29 is 4.52 Å². The first kappa shape index (κ1) is 7.05. The SMILES string of the molecule is Cc1nc(NC(C)C)no1. The second-order valence-electron chi connectivity index (χ2n) is 2.44. The minimum absolute atomic E-state index is 0.344. The van der Waals surface area contributed by atoms with Crippen molar-refractivity contribution in [1.82, 2.24) is 10.1 Å². The Morgan fingerprint density at radius 3 is 2.60 bits per heavy atom. The van der Waals surface area contributed by atoms with Crippen molar-refractivity contribution in [2.75, 3.05) is 5.32 Å². The zero-order chi connectivity index (χ0) is 7.56. The molecule has 0 aromatic carbocycles. The van der Waals surface area contributed by atoms with Gasteiger partial charge in [-0.25, -0.2) is 0 Å². The predicted molar refractivity (Wildman–Crippen MR) is 37.8 cm³/mol. The highest BCUT2D eigenvalue weighted by Gasteiger charge is 2.00. The Hall–Kier alpha value is -1.06. The van der Waals surface area contributed by atoms with E-state index >= 15 is 0 Å². The molecule has 0 unspecified atom stereocenters. The van der Waals surface area contributed by atoms with E-state index in [-0.39, 0.29) is 0 Å². The molecule has 4 heteroatoms. The molecular weight excluding hydrogens is 130 g/mol. The molecule has 0 spiro atoms. The van der Waals surface area contributed by atoms with Gasteiger partial charge in [0.05, 0.1) is 0 Å². The number of hydrogen-bond donors (Lipinski definition) is 1. The molecule has 1 aromatic heterocycles. The summed E-state index contributed by atoms with van der Waals surface area (Å²) >= 11 is 0. The van der Waals surface area contributed by atoms with Gasteiger partial charge in [-0.1, -0.05) is 0 Å². The van der Waals surface area contributed by atoms with Crippen LogP contribution < -0.4 is 5.32 Å². The Labute approximate surface area is 59.6 Å². The first-order chi connectivity index (χ1) is 4.68.